The Morgan fingerprint density at radius 1 is 1.07 bits per heavy atom. The summed E-state index contributed by atoms with van der Waals surface area (Å²) < 4.78 is 94.0. The molecule has 0 aliphatic heterocycles. The van der Waals surface area contributed by atoms with Gasteiger partial charge in [-0.15, -0.1) is 0 Å². The van der Waals surface area contributed by atoms with Crippen LogP contribution in [0.1, 0.15) is 11.1 Å². The van der Waals surface area contributed by atoms with Gasteiger partial charge >= 0.3 is 18.5 Å². The number of alkyl halides is 7. The van der Waals surface area contributed by atoms with Crippen molar-refractivity contribution in [2.24, 2.45) is 4.99 Å². The molecule has 0 radical (unpaired) electrons. The molecule has 0 unspecified atom stereocenters. The van der Waals surface area contributed by atoms with Crippen molar-refractivity contribution in [2.75, 3.05) is 6.61 Å². The number of aromatic hydroxyl groups is 1. The summed E-state index contributed by atoms with van der Waals surface area (Å²) in [5.74, 6) is -6.10. The van der Waals surface area contributed by atoms with Gasteiger partial charge in [0.05, 0.1) is 16.3 Å². The molecule has 0 spiro atoms. The third-order valence-electron chi connectivity index (χ3n) is 3.42. The van der Waals surface area contributed by atoms with E-state index in [1.54, 1.807) is 0 Å². The molecule has 0 aliphatic rings. The molecule has 0 aliphatic carbocycles. The molecular formula is C17H10Cl2F7NO2. The van der Waals surface area contributed by atoms with Crippen LogP contribution in [0.25, 0.3) is 0 Å². The van der Waals surface area contributed by atoms with Gasteiger partial charge in [0.2, 0.25) is 0 Å². The Morgan fingerprint density at radius 3 is 2.31 bits per heavy atom. The minimum absolute atomic E-state index is 0.00737. The van der Waals surface area contributed by atoms with Crippen LogP contribution < -0.4 is 4.74 Å². The summed E-state index contributed by atoms with van der Waals surface area (Å²) in [5.41, 5.74) is -1.78. The molecular weight excluding hydrogens is 454 g/mol. The van der Waals surface area contributed by atoms with Crippen LogP contribution in [-0.4, -0.2) is 30.3 Å². The van der Waals surface area contributed by atoms with Crippen LogP contribution in [0.15, 0.2) is 35.3 Å². The van der Waals surface area contributed by atoms with Gasteiger partial charge in [-0.25, -0.2) is 8.78 Å². The number of nitrogens with zero attached hydrogens (tertiary/aromatic N) is 1. The van der Waals surface area contributed by atoms with Crippen molar-refractivity contribution in [1.29, 1.82) is 0 Å². The number of halogens is 9. The summed E-state index contributed by atoms with van der Waals surface area (Å²) in [6.45, 7) is -1.94. The van der Waals surface area contributed by atoms with Gasteiger partial charge in [0.1, 0.15) is 11.5 Å². The molecule has 0 fully saturated rings. The van der Waals surface area contributed by atoms with Gasteiger partial charge in [-0.3, -0.25) is 4.99 Å². The lowest BCUT2D eigenvalue weighted by molar-refractivity contribution is -0.153. The summed E-state index contributed by atoms with van der Waals surface area (Å²) in [4.78, 5) is 3.75. The molecule has 0 bridgehead atoms. The Balaban J connectivity index is 2.34. The monoisotopic (exact) mass is 463 g/mol. The number of phenolic OH excluding ortho intramolecular Hbond substituents is 1. The predicted octanol–water partition coefficient (Wildman–Crippen LogP) is 6.75. The van der Waals surface area contributed by atoms with Gasteiger partial charge in [0, 0.05) is 16.8 Å². The molecule has 2 aromatic carbocycles. The number of hydrogen-bond donors (Lipinski definition) is 1. The van der Waals surface area contributed by atoms with Crippen molar-refractivity contribution in [1.82, 2.24) is 0 Å². The predicted molar refractivity (Wildman–Crippen MR) is 93.3 cm³/mol. The minimum Gasteiger partial charge on any atom is -0.506 e. The molecule has 2 aromatic rings. The molecule has 3 nitrogen and oxygen atoms in total. The van der Waals surface area contributed by atoms with Gasteiger partial charge in [-0.1, -0.05) is 23.2 Å². The summed E-state index contributed by atoms with van der Waals surface area (Å²) in [6, 6.07) is 4.60. The summed E-state index contributed by atoms with van der Waals surface area (Å²) in [7, 11) is 0. The quantitative estimate of drug-likeness (QED) is 0.380. The van der Waals surface area contributed by atoms with Crippen LogP contribution in [0.2, 0.25) is 10.0 Å². The zero-order valence-electron chi connectivity index (χ0n) is 14.0. The normalized spacial score (nSPS) is 12.8. The fraction of sp³-hybridized carbons (Fsp3) is 0.235. The molecule has 0 aromatic heterocycles. The van der Waals surface area contributed by atoms with E-state index in [2.05, 4.69) is 9.73 Å². The highest BCUT2D eigenvalue weighted by molar-refractivity contribution is 6.36. The SMILES string of the molecule is Oc1c(Cl)cc(Cl)cc1C=Nc1ccc(OCC(F)(F)C(F)F)c(C(F)(F)F)c1. The summed E-state index contributed by atoms with van der Waals surface area (Å²) in [5, 5.41) is 9.83. The van der Waals surface area contributed by atoms with Gasteiger partial charge in [0.15, 0.2) is 6.61 Å². The molecule has 12 heteroatoms. The second-order valence-corrected chi connectivity index (χ2v) is 6.46. The van der Waals surface area contributed by atoms with Gasteiger partial charge in [-0.05, 0) is 30.3 Å². The van der Waals surface area contributed by atoms with E-state index < -0.39 is 42.2 Å². The highest BCUT2D eigenvalue weighted by Crippen LogP contribution is 2.39. The lowest BCUT2D eigenvalue weighted by Gasteiger charge is -2.19. The summed E-state index contributed by atoms with van der Waals surface area (Å²) >= 11 is 11.5. The van der Waals surface area contributed by atoms with E-state index in [1.165, 1.54) is 12.1 Å². The number of hydrogen-bond acceptors (Lipinski definition) is 3. The highest BCUT2D eigenvalue weighted by atomic mass is 35.5. The Morgan fingerprint density at radius 2 is 1.72 bits per heavy atom. The fourth-order valence-corrected chi connectivity index (χ4v) is 2.52. The third-order valence-corrected chi connectivity index (χ3v) is 3.92. The highest BCUT2D eigenvalue weighted by Gasteiger charge is 2.43. The van der Waals surface area contributed by atoms with E-state index in [4.69, 9.17) is 23.2 Å². The first-order valence-corrected chi connectivity index (χ1v) is 8.29. The van der Waals surface area contributed by atoms with Crippen molar-refractivity contribution >= 4 is 35.1 Å². The van der Waals surface area contributed by atoms with Gasteiger partial charge in [-0.2, -0.15) is 22.0 Å². The first kappa shape index (κ1) is 23.1. The van der Waals surface area contributed by atoms with Crippen molar-refractivity contribution in [3.8, 4) is 11.5 Å². The molecule has 0 saturated heterocycles. The minimum atomic E-state index is -5.04. The average Bonchev–Trinajstić information content (AvgIpc) is 2.61. The maximum absolute atomic E-state index is 13.2. The van der Waals surface area contributed by atoms with Crippen molar-refractivity contribution < 1.29 is 40.6 Å². The van der Waals surface area contributed by atoms with Crippen molar-refractivity contribution in [2.45, 2.75) is 18.5 Å². The van der Waals surface area contributed by atoms with Gasteiger partial charge in [0.25, 0.3) is 0 Å². The van der Waals surface area contributed by atoms with Crippen LogP contribution in [0, 0.1) is 0 Å². The zero-order valence-corrected chi connectivity index (χ0v) is 15.5. The van der Waals surface area contributed by atoms with Crippen LogP contribution in [0.5, 0.6) is 11.5 Å². The van der Waals surface area contributed by atoms with E-state index in [1.807, 2.05) is 0 Å². The van der Waals surface area contributed by atoms with E-state index in [9.17, 15) is 35.8 Å². The number of benzene rings is 2. The lowest BCUT2D eigenvalue weighted by atomic mass is 10.1. The molecule has 0 saturated carbocycles. The lowest BCUT2D eigenvalue weighted by Crippen LogP contribution is -2.34. The molecule has 2 rings (SSSR count). The maximum Gasteiger partial charge on any atom is 0.420 e. The van der Waals surface area contributed by atoms with E-state index in [-0.39, 0.29) is 21.3 Å². The third kappa shape index (κ3) is 5.89. The van der Waals surface area contributed by atoms with Gasteiger partial charge < -0.3 is 9.84 Å². The second-order valence-electron chi connectivity index (χ2n) is 5.61. The first-order valence-electron chi connectivity index (χ1n) is 7.53. The molecule has 0 heterocycles. The number of aliphatic imine (C=N–C) groups is 1. The van der Waals surface area contributed by atoms with E-state index >= 15 is 0 Å². The number of ether oxygens (including phenoxy) is 1. The summed E-state index contributed by atoms with van der Waals surface area (Å²) in [6.07, 6.45) is -8.16. The maximum atomic E-state index is 13.2. The Bertz CT molecular complexity index is 917. The molecule has 29 heavy (non-hydrogen) atoms. The standard InChI is InChI=1S/C17H10Cl2F7NO2/c18-9-3-8(14(28)12(19)4-9)6-27-10-1-2-13(11(5-10)17(24,25)26)29-7-16(22,23)15(20)21/h1-6,15,28H,7H2. The Kier molecular flexibility index (Phi) is 6.89. The topological polar surface area (TPSA) is 41.8 Å². The van der Waals surface area contributed by atoms with Crippen molar-refractivity contribution in [3.63, 3.8) is 0 Å². The largest absolute Gasteiger partial charge is 0.506 e. The van der Waals surface area contributed by atoms with Crippen LogP contribution in [0.4, 0.5) is 36.4 Å². The average molecular weight is 464 g/mol. The molecule has 1 N–H and O–H groups in total. The van der Waals surface area contributed by atoms with E-state index in [0.29, 0.717) is 12.1 Å². The Labute approximate surface area is 169 Å². The fourth-order valence-electron chi connectivity index (χ4n) is 2.01. The molecule has 0 amide bonds. The second kappa shape index (κ2) is 8.66. The molecule has 158 valence electrons. The van der Waals surface area contributed by atoms with Crippen LogP contribution in [-0.2, 0) is 6.18 Å². The number of phenols is 1. The smallest absolute Gasteiger partial charge is 0.420 e. The number of rotatable bonds is 6. The Hall–Kier alpha value is -2.20. The van der Waals surface area contributed by atoms with Crippen LogP contribution in [0.3, 0.4) is 0 Å². The zero-order chi connectivity index (χ0) is 22.0. The van der Waals surface area contributed by atoms with Crippen LogP contribution >= 0.6 is 23.2 Å². The van der Waals surface area contributed by atoms with Crippen molar-refractivity contribution in [3.05, 3.63) is 51.5 Å². The van der Waals surface area contributed by atoms with E-state index in [0.717, 1.165) is 12.3 Å². The molecule has 0 atom stereocenters. The first-order chi connectivity index (χ1) is 13.3.